The number of likely N-dealkylation sites (N-methyl/N-ethyl adjacent to an activating group) is 1. The van der Waals surface area contributed by atoms with Crippen molar-refractivity contribution < 1.29 is 36.8 Å². The molecule has 11 heteroatoms. The van der Waals surface area contributed by atoms with Crippen molar-refractivity contribution in [3.05, 3.63) is 29.8 Å². The molecule has 1 aromatic rings. The van der Waals surface area contributed by atoms with E-state index in [1.807, 2.05) is 6.92 Å². The van der Waals surface area contributed by atoms with Crippen molar-refractivity contribution in [1.82, 2.24) is 9.80 Å². The van der Waals surface area contributed by atoms with Crippen LogP contribution in [0.4, 0.5) is 4.79 Å². The molecule has 1 fully saturated rings. The molecule has 1 aromatic carbocycles. The number of hydrogen-bond donors (Lipinski definition) is 1. The minimum absolute atomic E-state index is 0.0177. The maximum absolute atomic E-state index is 13.4. The lowest BCUT2D eigenvalue weighted by Crippen LogP contribution is -2.49. The third-order valence-corrected chi connectivity index (χ3v) is 7.10. The Kier molecular flexibility index (Phi) is 8.94. The molecule has 1 N–H and O–H groups in total. The quantitative estimate of drug-likeness (QED) is 0.526. The van der Waals surface area contributed by atoms with Crippen molar-refractivity contribution in [2.45, 2.75) is 58.1 Å². The van der Waals surface area contributed by atoms with Crippen molar-refractivity contribution in [3.8, 4) is 0 Å². The molecule has 2 rings (SSSR count). The molecule has 0 unspecified atom stereocenters. The van der Waals surface area contributed by atoms with Gasteiger partial charge in [-0.25, -0.2) is 9.59 Å². The van der Waals surface area contributed by atoms with E-state index in [0.717, 1.165) is 10.5 Å². The summed E-state index contributed by atoms with van der Waals surface area (Å²) in [5.41, 5.74) is 0.127. The Morgan fingerprint density at radius 2 is 1.71 bits per heavy atom. The van der Waals surface area contributed by atoms with Crippen LogP contribution in [0.25, 0.3) is 0 Å². The number of ether oxygens (including phenoxy) is 1. The summed E-state index contributed by atoms with van der Waals surface area (Å²) in [4.78, 5) is 40.3. The van der Waals surface area contributed by atoms with E-state index in [9.17, 15) is 27.9 Å². The number of carboxylic acids is 1. The van der Waals surface area contributed by atoms with Crippen molar-refractivity contribution in [3.63, 3.8) is 0 Å². The fraction of sp³-hybridized carbons (Fsp3) is 0.625. The van der Waals surface area contributed by atoms with E-state index in [-0.39, 0.29) is 30.5 Å². The van der Waals surface area contributed by atoms with Crippen LogP contribution in [-0.4, -0.2) is 79.7 Å². The zero-order valence-electron chi connectivity index (χ0n) is 21.3. The highest BCUT2D eigenvalue weighted by Gasteiger charge is 2.44. The fourth-order valence-corrected chi connectivity index (χ4v) is 5.00. The average molecular weight is 513 g/mol. The summed E-state index contributed by atoms with van der Waals surface area (Å²) in [6.07, 6.45) is -0.638. The monoisotopic (exact) mass is 512 g/mol. The van der Waals surface area contributed by atoms with Gasteiger partial charge in [-0.3, -0.25) is 8.98 Å². The first-order chi connectivity index (χ1) is 16.0. The number of likely N-dealkylation sites (tertiary alicyclic amines) is 1. The molecule has 0 radical (unpaired) electrons. The van der Waals surface area contributed by atoms with Crippen molar-refractivity contribution in [2.24, 2.45) is 17.8 Å². The first kappa shape index (κ1) is 28.6. The molecule has 0 aromatic heterocycles. The molecule has 10 nitrogen and oxygen atoms in total. The Labute approximate surface area is 207 Å². The van der Waals surface area contributed by atoms with E-state index >= 15 is 0 Å². The van der Waals surface area contributed by atoms with E-state index in [1.54, 1.807) is 46.8 Å². The second-order valence-corrected chi connectivity index (χ2v) is 11.9. The van der Waals surface area contributed by atoms with Crippen LogP contribution in [0.5, 0.6) is 0 Å². The largest absolute Gasteiger partial charge is 0.480 e. The fourth-order valence-electron chi connectivity index (χ4n) is 4.04. The topological polar surface area (TPSA) is 131 Å². The third-order valence-electron chi connectivity index (χ3n) is 5.81. The summed E-state index contributed by atoms with van der Waals surface area (Å²) in [6.45, 7) is 10.0. The van der Waals surface area contributed by atoms with Crippen LogP contribution in [0, 0.1) is 24.7 Å². The predicted molar refractivity (Wildman–Crippen MR) is 128 cm³/mol. The standard InChI is InChI=1S/C24H36N2O8S/c1-15(2)20(22(28)29)25(7)21(27)19-13-26(23(30)34-24(4,5)6)12-17(19)14-33-35(31,32)18-10-8-16(3)9-11-18/h8-11,15,17,19-20H,12-14H2,1-7H3,(H,28,29)/t17-,19+,20+/m1/s1. The Morgan fingerprint density at radius 1 is 1.14 bits per heavy atom. The van der Waals surface area contributed by atoms with Gasteiger partial charge in [-0.2, -0.15) is 8.42 Å². The van der Waals surface area contributed by atoms with Gasteiger partial charge in [0.1, 0.15) is 11.6 Å². The average Bonchev–Trinajstić information content (AvgIpc) is 3.15. The minimum atomic E-state index is -4.10. The van der Waals surface area contributed by atoms with Crippen LogP contribution in [0.15, 0.2) is 29.2 Å². The Morgan fingerprint density at radius 3 is 2.20 bits per heavy atom. The van der Waals surface area contributed by atoms with E-state index in [2.05, 4.69) is 0 Å². The highest BCUT2D eigenvalue weighted by molar-refractivity contribution is 7.86. The number of carbonyl (C=O) groups excluding carboxylic acids is 2. The van der Waals surface area contributed by atoms with Crippen LogP contribution < -0.4 is 0 Å². The number of aryl methyl sites for hydroxylation is 1. The molecule has 2 amide bonds. The van der Waals surface area contributed by atoms with E-state index in [4.69, 9.17) is 8.92 Å². The number of amides is 2. The lowest BCUT2D eigenvalue weighted by Gasteiger charge is -2.31. The van der Waals surface area contributed by atoms with Gasteiger partial charge in [0, 0.05) is 26.1 Å². The number of nitrogens with zero attached hydrogens (tertiary/aromatic N) is 2. The van der Waals surface area contributed by atoms with Gasteiger partial charge in [0.05, 0.1) is 17.4 Å². The van der Waals surface area contributed by atoms with Gasteiger partial charge in [0.2, 0.25) is 5.91 Å². The molecule has 1 aliphatic rings. The highest BCUT2D eigenvalue weighted by atomic mass is 32.2. The molecule has 0 spiro atoms. The molecule has 0 bridgehead atoms. The van der Waals surface area contributed by atoms with Gasteiger partial charge >= 0.3 is 12.1 Å². The number of rotatable bonds is 8. The minimum Gasteiger partial charge on any atom is -0.480 e. The molecule has 196 valence electrons. The molecule has 1 aliphatic heterocycles. The van der Waals surface area contributed by atoms with E-state index < -0.39 is 51.6 Å². The smallest absolute Gasteiger partial charge is 0.410 e. The Hall–Kier alpha value is -2.66. The van der Waals surface area contributed by atoms with E-state index in [0.29, 0.717) is 0 Å². The second kappa shape index (κ2) is 10.9. The van der Waals surface area contributed by atoms with Crippen LogP contribution in [0.2, 0.25) is 0 Å². The molecular weight excluding hydrogens is 476 g/mol. The molecule has 35 heavy (non-hydrogen) atoms. The molecule has 1 heterocycles. The summed E-state index contributed by atoms with van der Waals surface area (Å²) in [5, 5.41) is 9.61. The summed E-state index contributed by atoms with van der Waals surface area (Å²) in [5.74, 6) is -3.55. The molecule has 0 aliphatic carbocycles. The summed E-state index contributed by atoms with van der Waals surface area (Å²) < 4.78 is 36.1. The van der Waals surface area contributed by atoms with Crippen molar-refractivity contribution >= 4 is 28.1 Å². The SMILES string of the molecule is Cc1ccc(S(=O)(=O)OC[C@H]2CN(C(=O)OC(C)(C)C)C[C@@H]2C(=O)N(C)[C@H](C(=O)O)C(C)C)cc1. The number of benzene rings is 1. The summed E-state index contributed by atoms with van der Waals surface area (Å²) >= 11 is 0. The maximum atomic E-state index is 13.4. The lowest BCUT2D eigenvalue weighted by molar-refractivity contribution is -0.153. The van der Waals surface area contributed by atoms with Gasteiger partial charge in [-0.1, -0.05) is 31.5 Å². The molecule has 0 saturated carbocycles. The number of hydrogen-bond acceptors (Lipinski definition) is 7. The highest BCUT2D eigenvalue weighted by Crippen LogP contribution is 2.29. The van der Waals surface area contributed by atoms with Gasteiger partial charge in [-0.15, -0.1) is 0 Å². The molecular formula is C24H36N2O8S. The van der Waals surface area contributed by atoms with Gasteiger partial charge in [0.25, 0.3) is 10.1 Å². The summed E-state index contributed by atoms with van der Waals surface area (Å²) in [7, 11) is -2.70. The Bertz CT molecular complexity index is 1030. The van der Waals surface area contributed by atoms with Crippen LogP contribution in [0.1, 0.15) is 40.2 Å². The van der Waals surface area contributed by atoms with Crippen molar-refractivity contribution in [1.29, 1.82) is 0 Å². The van der Waals surface area contributed by atoms with Gasteiger partial charge in [-0.05, 0) is 45.7 Å². The second-order valence-electron chi connectivity index (χ2n) is 10.3. The molecule has 3 atom stereocenters. The third kappa shape index (κ3) is 7.41. The zero-order valence-corrected chi connectivity index (χ0v) is 22.2. The number of carboxylic acid groups (broad SMARTS) is 1. The van der Waals surface area contributed by atoms with Gasteiger partial charge in [0.15, 0.2) is 0 Å². The zero-order chi connectivity index (χ0) is 26.7. The van der Waals surface area contributed by atoms with Crippen LogP contribution in [-0.2, 0) is 28.6 Å². The van der Waals surface area contributed by atoms with E-state index in [1.165, 1.54) is 24.1 Å². The van der Waals surface area contributed by atoms with Crippen LogP contribution >= 0.6 is 0 Å². The normalized spacial score (nSPS) is 19.5. The number of aliphatic carboxylic acids is 1. The first-order valence-electron chi connectivity index (χ1n) is 11.5. The first-order valence-corrected chi connectivity index (χ1v) is 12.9. The van der Waals surface area contributed by atoms with Crippen molar-refractivity contribution in [2.75, 3.05) is 26.7 Å². The predicted octanol–water partition coefficient (Wildman–Crippen LogP) is 2.75. The number of carbonyl (C=O) groups is 3. The Balaban J connectivity index is 2.28. The summed E-state index contributed by atoms with van der Waals surface area (Å²) in [6, 6.07) is 5.09. The van der Waals surface area contributed by atoms with Crippen LogP contribution in [0.3, 0.4) is 0 Å². The van der Waals surface area contributed by atoms with Gasteiger partial charge < -0.3 is 19.6 Å². The lowest BCUT2D eigenvalue weighted by atomic mass is 9.93. The maximum Gasteiger partial charge on any atom is 0.410 e. The molecule has 1 saturated heterocycles.